The van der Waals surface area contributed by atoms with E-state index >= 15 is 0 Å². The number of aryl methyl sites for hydroxylation is 2. The van der Waals surface area contributed by atoms with Crippen molar-refractivity contribution < 1.29 is 0 Å². The molecular formula is C16H23N3. The molecule has 0 amide bonds. The lowest BCUT2D eigenvalue weighted by Crippen LogP contribution is -2.26. The van der Waals surface area contributed by atoms with Gasteiger partial charge in [0.05, 0.1) is 6.04 Å². The molecule has 1 heterocycles. The molecule has 0 saturated carbocycles. The zero-order valence-electron chi connectivity index (χ0n) is 12.1. The third-order valence-corrected chi connectivity index (χ3v) is 3.38. The van der Waals surface area contributed by atoms with Crippen LogP contribution in [-0.2, 0) is 6.54 Å². The Morgan fingerprint density at radius 1 is 1.26 bits per heavy atom. The quantitative estimate of drug-likeness (QED) is 0.860. The molecule has 0 aliphatic rings. The maximum Gasteiger partial charge on any atom is 0.130 e. The van der Waals surface area contributed by atoms with Crippen LogP contribution in [0.4, 0.5) is 0 Å². The number of benzene rings is 1. The van der Waals surface area contributed by atoms with Crippen LogP contribution in [0.1, 0.15) is 43.3 Å². The summed E-state index contributed by atoms with van der Waals surface area (Å²) in [4.78, 5) is 4.57. The summed E-state index contributed by atoms with van der Waals surface area (Å²) in [7, 11) is 0. The molecule has 0 radical (unpaired) electrons. The van der Waals surface area contributed by atoms with Crippen molar-refractivity contribution in [3.8, 4) is 0 Å². The average Bonchev–Trinajstić information content (AvgIpc) is 2.86. The van der Waals surface area contributed by atoms with Crippen LogP contribution >= 0.6 is 0 Å². The second-order valence-corrected chi connectivity index (χ2v) is 4.83. The second kappa shape index (κ2) is 6.53. The summed E-state index contributed by atoms with van der Waals surface area (Å²) in [5.74, 6) is 1.11. The van der Waals surface area contributed by atoms with Crippen LogP contribution in [0.3, 0.4) is 0 Å². The van der Waals surface area contributed by atoms with Crippen molar-refractivity contribution in [1.82, 2.24) is 14.9 Å². The number of hydrogen-bond acceptors (Lipinski definition) is 2. The molecule has 1 unspecified atom stereocenters. The Morgan fingerprint density at radius 2 is 2.05 bits per heavy atom. The molecule has 0 spiro atoms. The Kier molecular flexibility index (Phi) is 4.74. The fourth-order valence-corrected chi connectivity index (χ4v) is 2.47. The monoisotopic (exact) mass is 257 g/mol. The number of aromatic nitrogens is 2. The van der Waals surface area contributed by atoms with Crippen molar-refractivity contribution >= 4 is 0 Å². The van der Waals surface area contributed by atoms with Gasteiger partial charge in [0.1, 0.15) is 5.82 Å². The third kappa shape index (κ3) is 3.04. The fourth-order valence-electron chi connectivity index (χ4n) is 2.47. The fraction of sp³-hybridized carbons (Fsp3) is 0.438. The Hall–Kier alpha value is -1.61. The minimum atomic E-state index is 0.174. The summed E-state index contributed by atoms with van der Waals surface area (Å²) in [6, 6.07) is 8.70. The van der Waals surface area contributed by atoms with Crippen molar-refractivity contribution in [3.63, 3.8) is 0 Å². The van der Waals surface area contributed by atoms with Crippen molar-refractivity contribution in [2.45, 2.75) is 39.8 Å². The van der Waals surface area contributed by atoms with E-state index in [2.05, 4.69) is 66.1 Å². The first kappa shape index (κ1) is 13.8. The smallest absolute Gasteiger partial charge is 0.130 e. The van der Waals surface area contributed by atoms with E-state index in [0.29, 0.717) is 0 Å². The third-order valence-electron chi connectivity index (χ3n) is 3.38. The molecule has 0 saturated heterocycles. The van der Waals surface area contributed by atoms with Crippen LogP contribution in [0.15, 0.2) is 36.7 Å². The topological polar surface area (TPSA) is 29.9 Å². The molecule has 0 bridgehead atoms. The second-order valence-electron chi connectivity index (χ2n) is 4.83. The SMILES string of the molecule is CCCn1ccnc1C(NCC)c1ccccc1C. The van der Waals surface area contributed by atoms with E-state index in [1.54, 1.807) is 0 Å². The predicted molar refractivity (Wildman–Crippen MR) is 79.2 cm³/mol. The van der Waals surface area contributed by atoms with Gasteiger partial charge in [-0.05, 0) is 31.0 Å². The average molecular weight is 257 g/mol. The molecule has 102 valence electrons. The zero-order chi connectivity index (χ0) is 13.7. The van der Waals surface area contributed by atoms with Crippen LogP contribution in [0.25, 0.3) is 0 Å². The van der Waals surface area contributed by atoms with E-state index in [1.165, 1.54) is 11.1 Å². The molecule has 0 aliphatic heterocycles. The van der Waals surface area contributed by atoms with Crippen molar-refractivity contribution in [2.75, 3.05) is 6.54 Å². The largest absolute Gasteiger partial charge is 0.333 e. The van der Waals surface area contributed by atoms with E-state index in [1.807, 2.05) is 6.20 Å². The highest BCUT2D eigenvalue weighted by molar-refractivity contribution is 5.32. The summed E-state index contributed by atoms with van der Waals surface area (Å²) in [6.07, 6.45) is 5.09. The van der Waals surface area contributed by atoms with Crippen LogP contribution in [0.5, 0.6) is 0 Å². The number of rotatable bonds is 6. The van der Waals surface area contributed by atoms with Crippen LogP contribution in [0.2, 0.25) is 0 Å². The van der Waals surface area contributed by atoms with Gasteiger partial charge in [0.2, 0.25) is 0 Å². The molecule has 0 aliphatic carbocycles. The predicted octanol–water partition coefficient (Wildman–Crippen LogP) is 3.30. The van der Waals surface area contributed by atoms with E-state index in [0.717, 1.165) is 25.3 Å². The molecule has 1 atom stereocenters. The highest BCUT2D eigenvalue weighted by Crippen LogP contribution is 2.23. The molecule has 2 rings (SSSR count). The summed E-state index contributed by atoms with van der Waals surface area (Å²) < 4.78 is 2.25. The Morgan fingerprint density at radius 3 is 2.74 bits per heavy atom. The highest BCUT2D eigenvalue weighted by atomic mass is 15.1. The lowest BCUT2D eigenvalue weighted by molar-refractivity contribution is 0.542. The van der Waals surface area contributed by atoms with Gasteiger partial charge in [0.15, 0.2) is 0 Å². The molecule has 1 N–H and O–H groups in total. The number of nitrogens with one attached hydrogen (secondary N) is 1. The molecule has 19 heavy (non-hydrogen) atoms. The van der Waals surface area contributed by atoms with E-state index in [9.17, 15) is 0 Å². The van der Waals surface area contributed by atoms with Gasteiger partial charge in [-0.3, -0.25) is 0 Å². The molecule has 2 aromatic rings. The van der Waals surface area contributed by atoms with Crippen molar-refractivity contribution in [2.24, 2.45) is 0 Å². The molecule has 1 aromatic heterocycles. The van der Waals surface area contributed by atoms with E-state index in [-0.39, 0.29) is 6.04 Å². The Balaban J connectivity index is 2.40. The standard InChI is InChI=1S/C16H23N3/c1-4-11-19-12-10-18-16(19)15(17-5-2)14-9-7-6-8-13(14)3/h6-10,12,15,17H,4-5,11H2,1-3H3. The molecule has 3 heteroatoms. The Bertz CT molecular complexity index is 516. The Labute approximate surface area is 115 Å². The highest BCUT2D eigenvalue weighted by Gasteiger charge is 2.19. The van der Waals surface area contributed by atoms with Gasteiger partial charge in [-0.25, -0.2) is 4.98 Å². The van der Waals surface area contributed by atoms with Crippen LogP contribution in [-0.4, -0.2) is 16.1 Å². The van der Waals surface area contributed by atoms with Gasteiger partial charge < -0.3 is 9.88 Å². The first-order valence-corrected chi connectivity index (χ1v) is 7.07. The minimum Gasteiger partial charge on any atom is -0.333 e. The van der Waals surface area contributed by atoms with Gasteiger partial charge in [0.25, 0.3) is 0 Å². The normalized spacial score (nSPS) is 12.6. The van der Waals surface area contributed by atoms with Gasteiger partial charge in [-0.15, -0.1) is 0 Å². The molecular weight excluding hydrogens is 234 g/mol. The number of nitrogens with zero attached hydrogens (tertiary/aromatic N) is 2. The van der Waals surface area contributed by atoms with Crippen molar-refractivity contribution in [1.29, 1.82) is 0 Å². The summed E-state index contributed by atoms with van der Waals surface area (Å²) in [5.41, 5.74) is 2.62. The summed E-state index contributed by atoms with van der Waals surface area (Å²) in [5, 5.41) is 3.56. The number of hydrogen-bond donors (Lipinski definition) is 1. The van der Waals surface area contributed by atoms with Gasteiger partial charge in [-0.2, -0.15) is 0 Å². The van der Waals surface area contributed by atoms with Gasteiger partial charge >= 0.3 is 0 Å². The maximum absolute atomic E-state index is 4.57. The molecule has 0 fully saturated rings. The minimum absolute atomic E-state index is 0.174. The molecule has 1 aromatic carbocycles. The summed E-state index contributed by atoms with van der Waals surface area (Å²) >= 11 is 0. The first-order valence-electron chi connectivity index (χ1n) is 7.07. The number of imidazole rings is 1. The zero-order valence-corrected chi connectivity index (χ0v) is 12.1. The van der Waals surface area contributed by atoms with E-state index in [4.69, 9.17) is 0 Å². The maximum atomic E-state index is 4.57. The van der Waals surface area contributed by atoms with E-state index < -0.39 is 0 Å². The van der Waals surface area contributed by atoms with Crippen LogP contribution in [0, 0.1) is 6.92 Å². The molecule has 3 nitrogen and oxygen atoms in total. The first-order chi connectivity index (χ1) is 9.27. The van der Waals surface area contributed by atoms with Crippen LogP contribution < -0.4 is 5.32 Å². The van der Waals surface area contributed by atoms with Gasteiger partial charge in [0, 0.05) is 18.9 Å². The van der Waals surface area contributed by atoms with Crippen molar-refractivity contribution in [3.05, 3.63) is 53.6 Å². The summed E-state index contributed by atoms with van der Waals surface area (Å²) in [6.45, 7) is 8.44. The van der Waals surface area contributed by atoms with Gasteiger partial charge in [-0.1, -0.05) is 38.1 Å². The lowest BCUT2D eigenvalue weighted by Gasteiger charge is -2.21. The lowest BCUT2D eigenvalue weighted by atomic mass is 10.0.